The van der Waals surface area contributed by atoms with Crippen LogP contribution >= 0.6 is 23.2 Å². The molecule has 3 N–H and O–H groups in total. The number of carbonyl (C=O) groups excluding carboxylic acids is 1. The smallest absolute Gasteiger partial charge is 0.257 e. The summed E-state index contributed by atoms with van der Waals surface area (Å²) < 4.78 is 5.79. The van der Waals surface area contributed by atoms with Crippen molar-refractivity contribution in [3.05, 3.63) is 69.8 Å². The van der Waals surface area contributed by atoms with E-state index in [1.807, 2.05) is 12.1 Å². The molecule has 0 saturated carbocycles. The van der Waals surface area contributed by atoms with Crippen molar-refractivity contribution in [3.63, 3.8) is 0 Å². The van der Waals surface area contributed by atoms with Crippen LogP contribution in [0, 0.1) is 0 Å². The zero-order valence-electron chi connectivity index (χ0n) is 18.8. The van der Waals surface area contributed by atoms with E-state index in [1.54, 1.807) is 36.5 Å². The molecule has 4 rings (SSSR count). The SMILES string of the molecule is Nc1ncc(-c2cccc(C(=O)NCCN3CCCC3)c2)nc1OCCc1c(Cl)cccc1Cl. The van der Waals surface area contributed by atoms with Gasteiger partial charge in [-0.1, -0.05) is 41.4 Å². The zero-order chi connectivity index (χ0) is 23.9. The van der Waals surface area contributed by atoms with Gasteiger partial charge in [-0.15, -0.1) is 0 Å². The minimum Gasteiger partial charge on any atom is -0.475 e. The lowest BCUT2D eigenvalue weighted by atomic mass is 10.1. The molecule has 0 bridgehead atoms. The van der Waals surface area contributed by atoms with Gasteiger partial charge in [0.05, 0.1) is 18.5 Å². The Balaban J connectivity index is 1.40. The summed E-state index contributed by atoms with van der Waals surface area (Å²) in [5.74, 6) is 0.295. The summed E-state index contributed by atoms with van der Waals surface area (Å²) in [5, 5.41) is 4.16. The van der Waals surface area contributed by atoms with Crippen LogP contribution in [0.5, 0.6) is 5.88 Å². The highest BCUT2D eigenvalue weighted by molar-refractivity contribution is 6.36. The average Bonchev–Trinajstić information content (AvgIpc) is 3.36. The highest BCUT2D eigenvalue weighted by Crippen LogP contribution is 2.26. The van der Waals surface area contributed by atoms with E-state index in [0.29, 0.717) is 34.3 Å². The Morgan fingerprint density at radius 2 is 1.85 bits per heavy atom. The van der Waals surface area contributed by atoms with Crippen LogP contribution in [-0.2, 0) is 6.42 Å². The second kappa shape index (κ2) is 11.5. The molecule has 9 heteroatoms. The highest BCUT2D eigenvalue weighted by Gasteiger charge is 2.14. The lowest BCUT2D eigenvalue weighted by Crippen LogP contribution is -2.33. The minimum atomic E-state index is -0.113. The maximum Gasteiger partial charge on any atom is 0.257 e. The van der Waals surface area contributed by atoms with Crippen LogP contribution in [0.2, 0.25) is 10.0 Å². The van der Waals surface area contributed by atoms with Gasteiger partial charge in [-0.3, -0.25) is 4.79 Å². The Kier molecular flexibility index (Phi) is 8.21. The Morgan fingerprint density at radius 1 is 1.12 bits per heavy atom. The molecule has 2 aromatic carbocycles. The number of hydrogen-bond donors (Lipinski definition) is 2. The molecule has 7 nitrogen and oxygen atoms in total. The normalized spacial score (nSPS) is 13.7. The summed E-state index contributed by atoms with van der Waals surface area (Å²) in [6, 6.07) is 12.6. The van der Waals surface area contributed by atoms with E-state index in [0.717, 1.165) is 30.8 Å². The molecule has 1 aromatic heterocycles. The third-order valence-electron chi connectivity index (χ3n) is 5.75. The van der Waals surface area contributed by atoms with Crippen molar-refractivity contribution in [1.29, 1.82) is 0 Å². The van der Waals surface area contributed by atoms with E-state index in [-0.39, 0.29) is 24.2 Å². The maximum absolute atomic E-state index is 12.6. The first-order chi connectivity index (χ1) is 16.5. The van der Waals surface area contributed by atoms with Crippen molar-refractivity contribution in [3.8, 4) is 17.1 Å². The number of benzene rings is 2. The van der Waals surface area contributed by atoms with Crippen LogP contribution in [-0.4, -0.2) is 53.6 Å². The molecule has 1 fully saturated rings. The Bertz CT molecular complexity index is 1130. The summed E-state index contributed by atoms with van der Waals surface area (Å²) in [6.45, 7) is 3.99. The summed E-state index contributed by atoms with van der Waals surface area (Å²) in [4.78, 5) is 23.7. The first-order valence-corrected chi connectivity index (χ1v) is 12.1. The summed E-state index contributed by atoms with van der Waals surface area (Å²) in [7, 11) is 0. The van der Waals surface area contributed by atoms with Crippen molar-refractivity contribution in [2.24, 2.45) is 0 Å². The number of carbonyl (C=O) groups is 1. The Labute approximate surface area is 209 Å². The van der Waals surface area contributed by atoms with Crippen LogP contribution in [0.25, 0.3) is 11.3 Å². The fraction of sp³-hybridized carbons (Fsp3) is 0.320. The number of nitrogens with zero attached hydrogens (tertiary/aromatic N) is 3. The van der Waals surface area contributed by atoms with Gasteiger partial charge in [0, 0.05) is 40.7 Å². The zero-order valence-corrected chi connectivity index (χ0v) is 20.3. The molecule has 0 radical (unpaired) electrons. The fourth-order valence-corrected chi connectivity index (χ4v) is 4.49. The second-order valence-corrected chi connectivity index (χ2v) is 8.94. The largest absolute Gasteiger partial charge is 0.475 e. The van der Waals surface area contributed by atoms with Crippen LogP contribution in [0.1, 0.15) is 28.8 Å². The number of halogens is 2. The van der Waals surface area contributed by atoms with Crippen molar-refractivity contribution in [2.45, 2.75) is 19.3 Å². The monoisotopic (exact) mass is 499 g/mol. The molecular weight excluding hydrogens is 473 g/mol. The van der Waals surface area contributed by atoms with Crippen LogP contribution in [0.3, 0.4) is 0 Å². The summed E-state index contributed by atoms with van der Waals surface area (Å²) in [5.41, 5.74) is 8.65. The molecule has 178 valence electrons. The second-order valence-electron chi connectivity index (χ2n) is 8.13. The van der Waals surface area contributed by atoms with Crippen LogP contribution in [0.15, 0.2) is 48.7 Å². The van der Waals surface area contributed by atoms with Gasteiger partial charge >= 0.3 is 0 Å². The van der Waals surface area contributed by atoms with Crippen LogP contribution in [0.4, 0.5) is 5.82 Å². The topological polar surface area (TPSA) is 93.4 Å². The van der Waals surface area contributed by atoms with Crippen LogP contribution < -0.4 is 15.8 Å². The number of rotatable bonds is 9. The van der Waals surface area contributed by atoms with Gasteiger partial charge in [-0.05, 0) is 55.8 Å². The lowest BCUT2D eigenvalue weighted by molar-refractivity contribution is 0.0950. The van der Waals surface area contributed by atoms with E-state index < -0.39 is 0 Å². The third-order valence-corrected chi connectivity index (χ3v) is 6.46. The van der Waals surface area contributed by atoms with Crippen molar-refractivity contribution < 1.29 is 9.53 Å². The Morgan fingerprint density at radius 3 is 2.62 bits per heavy atom. The predicted octanol–water partition coefficient (Wildman–Crippen LogP) is 4.48. The first kappa shape index (κ1) is 24.3. The maximum atomic E-state index is 12.6. The number of nitrogens with two attached hydrogens (primary N) is 1. The number of ether oxygens (including phenoxy) is 1. The molecule has 0 aliphatic carbocycles. The molecule has 1 amide bonds. The average molecular weight is 500 g/mol. The molecule has 34 heavy (non-hydrogen) atoms. The van der Waals surface area contributed by atoms with Gasteiger partial charge in [0.25, 0.3) is 11.8 Å². The molecule has 1 aliphatic heterocycles. The molecule has 2 heterocycles. The van der Waals surface area contributed by atoms with E-state index in [9.17, 15) is 4.79 Å². The molecule has 0 spiro atoms. The number of nitrogens with one attached hydrogen (secondary N) is 1. The number of nitrogen functional groups attached to an aromatic ring is 1. The summed E-state index contributed by atoms with van der Waals surface area (Å²) >= 11 is 12.5. The molecule has 0 atom stereocenters. The minimum absolute atomic E-state index is 0.113. The van der Waals surface area contributed by atoms with E-state index >= 15 is 0 Å². The number of aromatic nitrogens is 2. The van der Waals surface area contributed by atoms with E-state index in [2.05, 4.69) is 20.2 Å². The lowest BCUT2D eigenvalue weighted by Gasteiger charge is -2.15. The molecule has 1 aliphatic rings. The van der Waals surface area contributed by atoms with Gasteiger partial charge in [0.15, 0.2) is 5.82 Å². The highest BCUT2D eigenvalue weighted by atomic mass is 35.5. The quantitative estimate of drug-likeness (QED) is 0.450. The predicted molar refractivity (Wildman–Crippen MR) is 136 cm³/mol. The summed E-state index contributed by atoms with van der Waals surface area (Å²) in [6.07, 6.45) is 4.53. The number of hydrogen-bond acceptors (Lipinski definition) is 6. The van der Waals surface area contributed by atoms with Crippen molar-refractivity contribution in [2.75, 3.05) is 38.5 Å². The van der Waals surface area contributed by atoms with Crippen molar-refractivity contribution in [1.82, 2.24) is 20.2 Å². The number of amides is 1. The molecule has 3 aromatic rings. The third kappa shape index (κ3) is 6.17. The van der Waals surface area contributed by atoms with Gasteiger partial charge in [-0.2, -0.15) is 0 Å². The first-order valence-electron chi connectivity index (χ1n) is 11.3. The van der Waals surface area contributed by atoms with E-state index in [4.69, 9.17) is 33.7 Å². The number of likely N-dealkylation sites (tertiary alicyclic amines) is 1. The van der Waals surface area contributed by atoms with Gasteiger partial charge in [0.1, 0.15) is 0 Å². The molecular formula is C25H27Cl2N5O2. The fourth-order valence-electron chi connectivity index (χ4n) is 3.90. The van der Waals surface area contributed by atoms with Gasteiger partial charge < -0.3 is 20.7 Å². The standard InChI is InChI=1S/C25H27Cl2N5O2/c26-20-7-4-8-21(27)19(20)9-14-34-25-23(28)30-16-22(31-25)17-5-3-6-18(15-17)24(33)29-10-13-32-11-1-2-12-32/h3-8,15-16H,1-2,9-14H2,(H2,28,30)(H,29,33). The molecule has 1 saturated heterocycles. The van der Waals surface area contributed by atoms with Crippen molar-refractivity contribution >= 4 is 34.9 Å². The number of anilines is 1. The van der Waals surface area contributed by atoms with E-state index in [1.165, 1.54) is 12.8 Å². The molecule has 0 unspecified atom stereocenters. The Hall–Kier alpha value is -2.87. The van der Waals surface area contributed by atoms with Gasteiger partial charge in [-0.25, -0.2) is 9.97 Å². The van der Waals surface area contributed by atoms with Gasteiger partial charge in [0.2, 0.25) is 0 Å².